The number of rotatable bonds is 8. The predicted octanol–water partition coefficient (Wildman–Crippen LogP) is 3.36. The fourth-order valence-electron chi connectivity index (χ4n) is 2.44. The molecule has 5 N–H and O–H groups in total. The second-order valence-electron chi connectivity index (χ2n) is 6.20. The van der Waals surface area contributed by atoms with Gasteiger partial charge in [-0.2, -0.15) is 4.99 Å². The van der Waals surface area contributed by atoms with E-state index in [1.165, 1.54) is 24.3 Å². The summed E-state index contributed by atoms with van der Waals surface area (Å²) in [5.74, 6) is -0.294. The summed E-state index contributed by atoms with van der Waals surface area (Å²) < 4.78 is 30.7. The number of hydrogen-bond acceptors (Lipinski definition) is 4. The number of alkyl halides is 2. The lowest BCUT2D eigenvalue weighted by Gasteiger charge is -2.09. The number of carbonyl (C=O) groups is 1. The second kappa shape index (κ2) is 10.2. The second-order valence-corrected chi connectivity index (χ2v) is 6.20. The fraction of sp³-hybridized carbons (Fsp3) is 0.190. The van der Waals surface area contributed by atoms with Gasteiger partial charge in [0, 0.05) is 23.9 Å². The topological polar surface area (TPSA) is 115 Å². The fourth-order valence-corrected chi connectivity index (χ4v) is 2.44. The van der Waals surface area contributed by atoms with Gasteiger partial charge in [-0.25, -0.2) is 8.78 Å². The minimum absolute atomic E-state index is 0.0113. The Morgan fingerprint density at radius 2 is 1.93 bits per heavy atom. The normalized spacial score (nSPS) is 12.5. The van der Waals surface area contributed by atoms with Crippen LogP contribution in [0.2, 0.25) is 0 Å². The van der Waals surface area contributed by atoms with Crippen LogP contribution in [0.25, 0.3) is 0 Å². The van der Waals surface area contributed by atoms with Crippen molar-refractivity contribution in [2.45, 2.75) is 19.9 Å². The minimum atomic E-state index is -2.55. The monoisotopic (exact) mass is 400 g/mol. The van der Waals surface area contributed by atoms with E-state index in [0.29, 0.717) is 23.4 Å². The van der Waals surface area contributed by atoms with Gasteiger partial charge in [0.25, 0.3) is 12.3 Å². The van der Waals surface area contributed by atoms with Crippen molar-refractivity contribution in [2.24, 2.45) is 16.5 Å². The molecule has 8 heteroatoms. The van der Waals surface area contributed by atoms with Gasteiger partial charge in [-0.3, -0.25) is 4.79 Å². The Kier molecular flexibility index (Phi) is 7.73. The molecule has 2 aromatic rings. The van der Waals surface area contributed by atoms with Crippen LogP contribution in [0.4, 0.5) is 8.78 Å². The molecule has 0 atom stereocenters. The number of nitrogens with one attached hydrogen (secondary N) is 1. The average Bonchev–Trinajstić information content (AvgIpc) is 2.73. The van der Waals surface area contributed by atoms with Gasteiger partial charge in [-0.15, -0.1) is 0 Å². The molecular weight excluding hydrogens is 378 g/mol. The first kappa shape index (κ1) is 21.9. The lowest BCUT2D eigenvalue weighted by Crippen LogP contribution is -2.18. The van der Waals surface area contributed by atoms with Crippen molar-refractivity contribution in [1.82, 2.24) is 0 Å². The van der Waals surface area contributed by atoms with Crippen LogP contribution in [0.15, 0.2) is 64.7 Å². The van der Waals surface area contributed by atoms with Gasteiger partial charge in [0.05, 0.1) is 5.57 Å². The highest BCUT2D eigenvalue weighted by Crippen LogP contribution is 2.22. The number of carbonyl (C=O) groups excluding carboxylic acids is 1. The number of nitrogens with two attached hydrogens (primary N) is 2. The van der Waals surface area contributed by atoms with E-state index in [4.69, 9.17) is 21.6 Å². The van der Waals surface area contributed by atoms with Crippen LogP contribution in [0, 0.1) is 5.41 Å². The van der Waals surface area contributed by atoms with Crippen molar-refractivity contribution in [2.75, 3.05) is 6.61 Å². The molecule has 0 unspecified atom stereocenters. The summed E-state index contributed by atoms with van der Waals surface area (Å²) in [6, 6.07) is 12.4. The number of hydrogen-bond donors (Lipinski definition) is 3. The smallest absolute Gasteiger partial charge is 0.280 e. The maximum Gasteiger partial charge on any atom is 0.280 e. The van der Waals surface area contributed by atoms with Gasteiger partial charge in [-0.1, -0.05) is 18.2 Å². The molecule has 6 nitrogen and oxygen atoms in total. The Morgan fingerprint density at radius 1 is 1.24 bits per heavy atom. The summed E-state index contributed by atoms with van der Waals surface area (Å²) in [4.78, 5) is 16.3. The van der Waals surface area contributed by atoms with Gasteiger partial charge in [-0.05, 0) is 48.4 Å². The van der Waals surface area contributed by atoms with E-state index in [2.05, 4.69) is 4.99 Å². The number of benzene rings is 2. The van der Waals surface area contributed by atoms with Gasteiger partial charge in [0.1, 0.15) is 18.2 Å². The molecule has 0 aliphatic carbocycles. The zero-order valence-electron chi connectivity index (χ0n) is 15.9. The minimum Gasteiger partial charge on any atom is -0.489 e. The van der Waals surface area contributed by atoms with E-state index in [1.807, 2.05) is 6.07 Å². The molecule has 0 aliphatic rings. The zero-order valence-corrected chi connectivity index (χ0v) is 15.9. The number of ether oxygens (including phenoxy) is 1. The van der Waals surface area contributed by atoms with Gasteiger partial charge < -0.3 is 21.6 Å². The maximum absolute atomic E-state index is 12.6. The average molecular weight is 400 g/mol. The Morgan fingerprint density at radius 3 is 2.52 bits per heavy atom. The molecule has 0 fully saturated rings. The lowest BCUT2D eigenvalue weighted by molar-refractivity contribution is -0.113. The first-order chi connectivity index (χ1) is 13.8. The summed E-state index contributed by atoms with van der Waals surface area (Å²) in [6.45, 7) is 1.94. The SMILES string of the molecule is C/C(COc1ccc(C(F)F)cc1)=C(\C=N)C(=O)N=C(N)c1cccc(CN)c1. The Labute approximate surface area is 167 Å². The molecule has 2 rings (SSSR count). The molecule has 1 amide bonds. The number of aliphatic imine (C=N–C) groups is 1. The molecular formula is C21H22F2N4O2. The van der Waals surface area contributed by atoms with E-state index in [-0.39, 0.29) is 23.6 Å². The van der Waals surface area contributed by atoms with Crippen LogP contribution in [0.5, 0.6) is 5.75 Å². The highest BCUT2D eigenvalue weighted by molar-refractivity contribution is 6.17. The van der Waals surface area contributed by atoms with Gasteiger partial charge >= 0.3 is 0 Å². The van der Waals surface area contributed by atoms with Crippen molar-refractivity contribution in [3.05, 3.63) is 76.4 Å². The molecule has 0 saturated heterocycles. The molecule has 0 heterocycles. The van der Waals surface area contributed by atoms with Crippen molar-refractivity contribution in [3.8, 4) is 5.75 Å². The predicted molar refractivity (Wildman–Crippen MR) is 108 cm³/mol. The molecule has 0 aromatic heterocycles. The molecule has 0 radical (unpaired) electrons. The molecule has 0 bridgehead atoms. The first-order valence-corrected chi connectivity index (χ1v) is 8.74. The summed E-state index contributed by atoms with van der Waals surface area (Å²) in [5.41, 5.74) is 13.3. The van der Waals surface area contributed by atoms with E-state index in [9.17, 15) is 13.6 Å². The lowest BCUT2D eigenvalue weighted by atomic mass is 10.1. The Hall–Kier alpha value is -3.39. The third-order valence-corrected chi connectivity index (χ3v) is 4.10. The van der Waals surface area contributed by atoms with Gasteiger partial charge in [0.15, 0.2) is 0 Å². The quantitative estimate of drug-likeness (QED) is 0.358. The van der Waals surface area contributed by atoms with Crippen molar-refractivity contribution < 1.29 is 18.3 Å². The van der Waals surface area contributed by atoms with E-state index < -0.39 is 12.3 Å². The van der Waals surface area contributed by atoms with Gasteiger partial charge in [0.2, 0.25) is 0 Å². The van der Waals surface area contributed by atoms with Crippen molar-refractivity contribution >= 4 is 18.0 Å². The third kappa shape index (κ3) is 6.05. The number of amidine groups is 1. The van der Waals surface area contributed by atoms with E-state index in [0.717, 1.165) is 11.8 Å². The zero-order chi connectivity index (χ0) is 21.4. The summed E-state index contributed by atoms with van der Waals surface area (Å²) in [7, 11) is 0. The summed E-state index contributed by atoms with van der Waals surface area (Å²) in [6.07, 6.45) is -1.67. The Bertz CT molecular complexity index is 938. The van der Waals surface area contributed by atoms with Crippen molar-refractivity contribution in [3.63, 3.8) is 0 Å². The summed E-state index contributed by atoms with van der Waals surface area (Å²) >= 11 is 0. The van der Waals surface area contributed by atoms with Crippen LogP contribution < -0.4 is 16.2 Å². The Balaban J connectivity index is 2.13. The largest absolute Gasteiger partial charge is 0.489 e. The molecule has 29 heavy (non-hydrogen) atoms. The number of halogens is 2. The number of nitrogens with zero attached hydrogens (tertiary/aromatic N) is 1. The third-order valence-electron chi connectivity index (χ3n) is 4.10. The standard InChI is InChI=1S/C21H22F2N4O2/c1-13(12-29-17-7-5-15(6-8-17)19(22)23)18(11-25)21(28)27-20(26)16-4-2-3-14(9-16)10-24/h2-9,11,19,25H,10,12,24H2,1H3,(H2,26,27,28)/b18-13-,25-11?. The first-order valence-electron chi connectivity index (χ1n) is 8.74. The molecule has 0 saturated carbocycles. The van der Waals surface area contributed by atoms with E-state index >= 15 is 0 Å². The van der Waals surface area contributed by atoms with Crippen LogP contribution in [0.1, 0.15) is 30.0 Å². The molecule has 152 valence electrons. The van der Waals surface area contributed by atoms with Crippen molar-refractivity contribution in [1.29, 1.82) is 5.41 Å². The van der Waals surface area contributed by atoms with Crippen LogP contribution >= 0.6 is 0 Å². The molecule has 0 spiro atoms. The summed E-state index contributed by atoms with van der Waals surface area (Å²) in [5, 5.41) is 7.52. The van der Waals surface area contributed by atoms with Crippen LogP contribution in [-0.4, -0.2) is 24.6 Å². The van der Waals surface area contributed by atoms with E-state index in [1.54, 1.807) is 25.1 Å². The van der Waals surface area contributed by atoms with Crippen LogP contribution in [-0.2, 0) is 11.3 Å². The molecule has 0 aliphatic heterocycles. The van der Waals surface area contributed by atoms with Crippen LogP contribution in [0.3, 0.4) is 0 Å². The maximum atomic E-state index is 12.6. The number of amides is 1. The highest BCUT2D eigenvalue weighted by Gasteiger charge is 2.13. The molecule has 2 aromatic carbocycles. The highest BCUT2D eigenvalue weighted by atomic mass is 19.3.